The number of amides is 1. The molecule has 4 nitrogen and oxygen atoms in total. The Morgan fingerprint density at radius 1 is 1.29 bits per heavy atom. The van der Waals surface area contributed by atoms with Gasteiger partial charge in [0.15, 0.2) is 0 Å². The van der Waals surface area contributed by atoms with Crippen LogP contribution in [0.4, 0.5) is 5.69 Å². The third kappa shape index (κ3) is 3.26. The molecule has 1 amide bonds. The maximum absolute atomic E-state index is 10.6. The summed E-state index contributed by atoms with van der Waals surface area (Å²) in [5, 5.41) is 11.0. The van der Waals surface area contributed by atoms with Crippen molar-refractivity contribution in [2.24, 2.45) is 0 Å². The largest absolute Gasteiger partial charge is 1.00 e. The van der Waals surface area contributed by atoms with Crippen LogP contribution in [0.25, 0.3) is 0 Å². The minimum Gasteiger partial charge on any atom is -0.478 e. The molecule has 1 rings (SSSR count). The van der Waals surface area contributed by atoms with Gasteiger partial charge in [-0.2, -0.15) is 0 Å². The van der Waals surface area contributed by atoms with Crippen LogP contribution in [0.3, 0.4) is 0 Å². The van der Waals surface area contributed by atoms with Crippen molar-refractivity contribution in [1.29, 1.82) is 0 Å². The summed E-state index contributed by atoms with van der Waals surface area (Å²) in [6, 6.07) is 6.14. The van der Waals surface area contributed by atoms with Gasteiger partial charge >= 0.3 is 28.3 Å². The van der Waals surface area contributed by atoms with Gasteiger partial charge in [-0.25, -0.2) is 4.79 Å². The summed E-state index contributed by atoms with van der Waals surface area (Å²) in [6.45, 7) is 3.09. The van der Waals surface area contributed by atoms with E-state index >= 15 is 0 Å². The van der Waals surface area contributed by atoms with E-state index in [2.05, 4.69) is 12.2 Å². The van der Waals surface area contributed by atoms with Crippen LogP contribution < -0.4 is 5.32 Å². The second kappa shape index (κ2) is 5.49. The molecule has 2 N–H and O–H groups in total. The summed E-state index contributed by atoms with van der Waals surface area (Å²) < 4.78 is 0. The number of hydrogen-bond acceptors (Lipinski definition) is 2. The van der Waals surface area contributed by atoms with Crippen molar-refractivity contribution in [3.8, 4) is 0 Å². The topological polar surface area (TPSA) is 66.4 Å². The van der Waals surface area contributed by atoms with Gasteiger partial charge in [-0.15, -0.1) is 0 Å². The maximum Gasteiger partial charge on any atom is 1.00 e. The molecule has 0 aliphatic carbocycles. The van der Waals surface area contributed by atoms with Gasteiger partial charge in [0.2, 0.25) is 0 Å². The number of hydrogen-bond donors (Lipinski definition) is 2. The van der Waals surface area contributed by atoms with E-state index in [1.165, 1.54) is 12.1 Å². The van der Waals surface area contributed by atoms with E-state index in [0.29, 0.717) is 0 Å². The van der Waals surface area contributed by atoms with Gasteiger partial charge < -0.3 is 22.1 Å². The van der Waals surface area contributed by atoms with Crippen LogP contribution in [0.2, 0.25) is 0 Å². The Balaban J connectivity index is 0.00000169. The zero-order valence-electron chi connectivity index (χ0n) is 7.08. The van der Waals surface area contributed by atoms with Gasteiger partial charge in [-0.1, -0.05) is 12.1 Å². The molecule has 0 atom stereocenters. The fourth-order valence-corrected chi connectivity index (χ4v) is 0.929. The number of rotatable bonds is 2. The summed E-state index contributed by atoms with van der Waals surface area (Å²) >= 11 is 0. The van der Waals surface area contributed by atoms with Gasteiger partial charge in [0, 0.05) is 0 Å². The van der Waals surface area contributed by atoms with Gasteiger partial charge in [0.05, 0.1) is 17.2 Å². The van der Waals surface area contributed by atoms with Gasteiger partial charge in [-0.05, 0) is 12.1 Å². The molecule has 0 saturated carbocycles. The summed E-state index contributed by atoms with van der Waals surface area (Å²) in [5.41, 5.74) is 0.314. The van der Waals surface area contributed by atoms with Crippen LogP contribution >= 0.6 is 0 Å². The summed E-state index contributed by atoms with van der Waals surface area (Å²) in [7, 11) is 0. The monoisotopic (exact) mass is 285 g/mol. The average molecular weight is 286 g/mol. The van der Waals surface area contributed by atoms with E-state index < -0.39 is 11.9 Å². The van der Waals surface area contributed by atoms with Crippen LogP contribution in [0.5, 0.6) is 0 Å². The van der Waals surface area contributed by atoms with E-state index in [1.54, 1.807) is 12.1 Å². The Morgan fingerprint density at radius 2 is 1.86 bits per heavy atom. The molecule has 0 unspecified atom stereocenters. The Hall–Kier alpha value is -1.23. The predicted octanol–water partition coefficient (Wildman–Crippen LogP) is 1.15. The summed E-state index contributed by atoms with van der Waals surface area (Å²) in [6.07, 6.45) is 0. The van der Waals surface area contributed by atoms with Gasteiger partial charge in [0.25, 0.3) is 0 Å². The average Bonchev–Trinajstić information content (AvgIpc) is 2.03. The standard InChI is InChI=1S/C9H8NO3.Ag/c1-6(11)10-8-5-3-2-4-7(8)9(12)13;/h2-5H,1H2,(H,10,11)(H,12,13);/q-1;+1. The fourth-order valence-electron chi connectivity index (χ4n) is 0.929. The maximum atomic E-state index is 10.6. The van der Waals surface area contributed by atoms with Crippen LogP contribution in [-0.4, -0.2) is 17.0 Å². The minimum absolute atomic E-state index is 0. The smallest absolute Gasteiger partial charge is 0.478 e. The van der Waals surface area contributed by atoms with Gasteiger partial charge in [-0.3, -0.25) is 0 Å². The first-order valence-electron chi connectivity index (χ1n) is 3.56. The second-order valence-electron chi connectivity index (χ2n) is 2.40. The Labute approximate surface area is 96.8 Å². The van der Waals surface area contributed by atoms with Crippen molar-refractivity contribution in [2.75, 3.05) is 5.32 Å². The summed E-state index contributed by atoms with van der Waals surface area (Å²) in [5.74, 6) is -1.61. The number of benzene rings is 1. The fraction of sp³-hybridized carbons (Fsp3) is 0. The molecular weight excluding hydrogens is 278 g/mol. The molecule has 78 valence electrons. The number of carboxylic acids is 1. The zero-order valence-corrected chi connectivity index (χ0v) is 8.56. The zero-order chi connectivity index (χ0) is 9.84. The first kappa shape index (κ1) is 12.8. The van der Waals surface area contributed by atoms with Crippen molar-refractivity contribution >= 4 is 17.6 Å². The molecule has 0 fully saturated rings. The molecule has 0 aromatic heterocycles. The molecule has 0 heterocycles. The second-order valence-corrected chi connectivity index (χ2v) is 2.40. The van der Waals surface area contributed by atoms with E-state index in [1.807, 2.05) is 0 Å². The quantitative estimate of drug-likeness (QED) is 0.633. The molecule has 0 radical (unpaired) electrons. The van der Waals surface area contributed by atoms with E-state index in [-0.39, 0.29) is 33.6 Å². The molecule has 0 spiro atoms. The first-order valence-corrected chi connectivity index (χ1v) is 3.56. The van der Waals surface area contributed by atoms with E-state index in [0.717, 1.165) is 0 Å². The van der Waals surface area contributed by atoms with E-state index in [4.69, 9.17) is 5.11 Å². The minimum atomic E-state index is -1.08. The molecule has 0 saturated heterocycles. The Morgan fingerprint density at radius 3 is 2.36 bits per heavy atom. The first-order chi connectivity index (χ1) is 6.11. The number of carboxylic acid groups (broad SMARTS) is 1. The van der Waals surface area contributed by atoms with Crippen molar-refractivity contribution in [1.82, 2.24) is 0 Å². The molecule has 0 aliphatic heterocycles. The van der Waals surface area contributed by atoms with E-state index in [9.17, 15) is 9.59 Å². The number of carbonyl (C=O) groups is 2. The molecule has 1 aromatic carbocycles. The third-order valence-corrected chi connectivity index (χ3v) is 1.43. The number of para-hydroxylation sites is 1. The molecular formula is C9H8AgNO3. The SMILES string of the molecule is [Ag+].[CH2-]C(=O)Nc1ccccc1C(=O)O. The number of nitrogens with one attached hydrogen (secondary N) is 1. The van der Waals surface area contributed by atoms with Crippen LogP contribution in [0, 0.1) is 6.92 Å². The normalized spacial score (nSPS) is 8.57. The van der Waals surface area contributed by atoms with Crippen LogP contribution in [0.1, 0.15) is 10.4 Å². The predicted molar refractivity (Wildman–Crippen MR) is 47.4 cm³/mol. The summed E-state index contributed by atoms with van der Waals surface area (Å²) in [4.78, 5) is 21.2. The number of aromatic carboxylic acids is 1. The molecule has 0 aliphatic rings. The molecule has 5 heteroatoms. The van der Waals surface area contributed by atoms with Crippen LogP contribution in [-0.2, 0) is 27.2 Å². The number of carbonyl (C=O) groups excluding carboxylic acids is 1. The third-order valence-electron chi connectivity index (χ3n) is 1.43. The van der Waals surface area contributed by atoms with Crippen molar-refractivity contribution in [3.63, 3.8) is 0 Å². The molecule has 0 bridgehead atoms. The Kier molecular flexibility index (Phi) is 5.01. The number of anilines is 1. The molecule has 1 aromatic rings. The van der Waals surface area contributed by atoms with Crippen molar-refractivity contribution in [2.45, 2.75) is 0 Å². The van der Waals surface area contributed by atoms with Crippen molar-refractivity contribution < 1.29 is 37.1 Å². The van der Waals surface area contributed by atoms with Crippen LogP contribution in [0.15, 0.2) is 24.3 Å². The molecule has 14 heavy (non-hydrogen) atoms. The van der Waals surface area contributed by atoms with Crippen molar-refractivity contribution in [3.05, 3.63) is 36.8 Å². The van der Waals surface area contributed by atoms with Gasteiger partial charge in [0.1, 0.15) is 0 Å². The Bertz CT molecular complexity index is 352.